The Kier molecular flexibility index (Phi) is 5.49. The van der Waals surface area contributed by atoms with Gasteiger partial charge in [0.15, 0.2) is 0 Å². The van der Waals surface area contributed by atoms with Gasteiger partial charge in [0.2, 0.25) is 5.91 Å². The molecule has 28 heavy (non-hydrogen) atoms. The van der Waals surface area contributed by atoms with Crippen LogP contribution in [0.5, 0.6) is 0 Å². The molecule has 2 atom stereocenters. The first kappa shape index (κ1) is 19.1. The highest BCUT2D eigenvalue weighted by Crippen LogP contribution is 2.32. The van der Waals surface area contributed by atoms with Crippen molar-refractivity contribution in [3.8, 4) is 0 Å². The lowest BCUT2D eigenvalue weighted by Gasteiger charge is -2.29. The van der Waals surface area contributed by atoms with Gasteiger partial charge in [-0.15, -0.1) is 11.3 Å². The average Bonchev–Trinajstić information content (AvgIpc) is 3.08. The lowest BCUT2D eigenvalue weighted by Crippen LogP contribution is -2.41. The summed E-state index contributed by atoms with van der Waals surface area (Å²) >= 11 is 1.62. The summed E-state index contributed by atoms with van der Waals surface area (Å²) in [5.41, 5.74) is 0.815. The van der Waals surface area contributed by atoms with Crippen LogP contribution < -0.4 is 10.9 Å². The van der Waals surface area contributed by atoms with E-state index < -0.39 is 0 Å². The Balaban J connectivity index is 1.46. The highest BCUT2D eigenvalue weighted by molar-refractivity contribution is 7.26. The molecule has 0 radical (unpaired) electrons. The lowest BCUT2D eigenvalue weighted by molar-refractivity contribution is -0.122. The van der Waals surface area contributed by atoms with Gasteiger partial charge in [-0.2, -0.15) is 5.10 Å². The molecule has 1 saturated carbocycles. The molecular formula is C22H27N3O2S. The number of fused-ring (bicyclic) bond motifs is 3. The van der Waals surface area contributed by atoms with Crippen molar-refractivity contribution >= 4 is 37.4 Å². The summed E-state index contributed by atoms with van der Waals surface area (Å²) in [7, 11) is 0. The molecular weight excluding hydrogens is 370 g/mol. The van der Waals surface area contributed by atoms with Gasteiger partial charge in [0.05, 0.1) is 15.8 Å². The van der Waals surface area contributed by atoms with E-state index in [0.717, 1.165) is 32.3 Å². The number of aromatic nitrogens is 2. The molecule has 0 spiro atoms. The Labute approximate surface area is 168 Å². The van der Waals surface area contributed by atoms with Crippen molar-refractivity contribution in [2.45, 2.75) is 65.0 Å². The second-order valence-corrected chi connectivity index (χ2v) is 9.01. The second-order valence-electron chi connectivity index (χ2n) is 7.96. The van der Waals surface area contributed by atoms with E-state index in [0.29, 0.717) is 31.3 Å². The Morgan fingerprint density at radius 3 is 2.89 bits per heavy atom. The van der Waals surface area contributed by atoms with Gasteiger partial charge in [0.25, 0.3) is 5.56 Å². The molecule has 0 bridgehead atoms. The third kappa shape index (κ3) is 3.70. The molecule has 1 N–H and O–H groups in total. The first-order chi connectivity index (χ1) is 13.5. The topological polar surface area (TPSA) is 64.0 Å². The maximum atomic E-state index is 13.0. The molecule has 2 aromatic heterocycles. The summed E-state index contributed by atoms with van der Waals surface area (Å²) in [5, 5.41) is 9.44. The number of carbonyl (C=O) groups is 1. The van der Waals surface area contributed by atoms with Gasteiger partial charge in [0.1, 0.15) is 0 Å². The number of hydrogen-bond acceptors (Lipinski definition) is 4. The van der Waals surface area contributed by atoms with Crippen LogP contribution in [0.15, 0.2) is 29.1 Å². The van der Waals surface area contributed by atoms with Crippen molar-refractivity contribution in [1.82, 2.24) is 15.1 Å². The maximum Gasteiger partial charge on any atom is 0.276 e. The van der Waals surface area contributed by atoms with E-state index >= 15 is 0 Å². The number of benzene rings is 1. The maximum absolute atomic E-state index is 13.0. The Morgan fingerprint density at radius 2 is 2.07 bits per heavy atom. The fourth-order valence-corrected chi connectivity index (χ4v) is 5.40. The molecule has 0 unspecified atom stereocenters. The van der Waals surface area contributed by atoms with Crippen LogP contribution in [0, 0.1) is 12.8 Å². The van der Waals surface area contributed by atoms with Crippen LogP contribution in [0.2, 0.25) is 0 Å². The lowest BCUT2D eigenvalue weighted by atomic mass is 9.86. The largest absolute Gasteiger partial charge is 0.353 e. The van der Waals surface area contributed by atoms with E-state index in [4.69, 9.17) is 0 Å². The molecule has 0 aliphatic heterocycles. The number of nitrogens with one attached hydrogen (secondary N) is 1. The zero-order valence-electron chi connectivity index (χ0n) is 16.5. The molecule has 3 aromatic rings. The SMILES string of the molecule is Cc1nn(CCCC(=O)N[C@@H]2CCCC[C@H]2C)c(=O)c2c1sc1ccccc12. The van der Waals surface area contributed by atoms with Gasteiger partial charge in [-0.25, -0.2) is 4.68 Å². The zero-order valence-corrected chi connectivity index (χ0v) is 17.3. The third-order valence-corrected chi connectivity index (χ3v) is 7.15. The summed E-state index contributed by atoms with van der Waals surface area (Å²) in [6.07, 6.45) is 5.78. The van der Waals surface area contributed by atoms with Crippen LogP contribution in [0.25, 0.3) is 20.2 Å². The number of aryl methyl sites for hydroxylation is 2. The van der Waals surface area contributed by atoms with Crippen molar-refractivity contribution in [3.05, 3.63) is 40.3 Å². The van der Waals surface area contributed by atoms with Crippen molar-refractivity contribution in [2.75, 3.05) is 0 Å². The van der Waals surface area contributed by atoms with Gasteiger partial charge < -0.3 is 5.32 Å². The second kappa shape index (κ2) is 8.03. The van der Waals surface area contributed by atoms with Gasteiger partial charge in [0, 0.05) is 29.1 Å². The molecule has 1 aromatic carbocycles. The Bertz CT molecular complexity index is 1070. The van der Waals surface area contributed by atoms with Crippen LogP contribution in [0.4, 0.5) is 0 Å². The fraction of sp³-hybridized carbons (Fsp3) is 0.500. The van der Waals surface area contributed by atoms with E-state index in [1.807, 2.05) is 31.2 Å². The monoisotopic (exact) mass is 397 g/mol. The molecule has 1 amide bonds. The number of nitrogens with zero attached hydrogens (tertiary/aromatic N) is 2. The van der Waals surface area contributed by atoms with Gasteiger partial charge >= 0.3 is 0 Å². The van der Waals surface area contributed by atoms with Crippen LogP contribution >= 0.6 is 11.3 Å². The zero-order chi connectivity index (χ0) is 19.7. The van der Waals surface area contributed by atoms with Crippen LogP contribution in [-0.4, -0.2) is 21.7 Å². The summed E-state index contributed by atoms with van der Waals surface area (Å²) in [5.74, 6) is 0.643. The number of carbonyl (C=O) groups excluding carboxylic acids is 1. The van der Waals surface area contributed by atoms with Gasteiger partial charge in [-0.05, 0) is 38.2 Å². The van der Waals surface area contributed by atoms with Crippen LogP contribution in [0.3, 0.4) is 0 Å². The smallest absolute Gasteiger partial charge is 0.276 e. The van der Waals surface area contributed by atoms with E-state index in [2.05, 4.69) is 17.3 Å². The van der Waals surface area contributed by atoms with E-state index in [-0.39, 0.29) is 11.5 Å². The highest BCUT2D eigenvalue weighted by atomic mass is 32.1. The molecule has 6 heteroatoms. The third-order valence-electron chi connectivity index (χ3n) is 5.87. The quantitative estimate of drug-likeness (QED) is 0.694. The molecule has 0 saturated heterocycles. The molecule has 148 valence electrons. The first-order valence-electron chi connectivity index (χ1n) is 10.2. The average molecular weight is 398 g/mol. The predicted molar refractivity (Wildman–Crippen MR) is 115 cm³/mol. The van der Waals surface area contributed by atoms with E-state index in [9.17, 15) is 9.59 Å². The molecule has 4 rings (SSSR count). The number of hydrogen-bond donors (Lipinski definition) is 1. The standard InChI is InChI=1S/C22H27N3O2S/c1-14-8-3-5-10-17(14)23-19(26)12-7-13-25-22(27)20-16-9-4-6-11-18(16)28-21(20)15(2)24-25/h4,6,9,11,14,17H,3,5,7-8,10,12-13H2,1-2H3,(H,23,26)/t14-,17-/m1/s1. The van der Waals surface area contributed by atoms with Crippen molar-refractivity contribution in [3.63, 3.8) is 0 Å². The number of rotatable bonds is 5. The minimum atomic E-state index is -0.0561. The van der Waals surface area contributed by atoms with E-state index in [1.165, 1.54) is 23.9 Å². The predicted octanol–water partition coefficient (Wildman–Crippen LogP) is 4.39. The van der Waals surface area contributed by atoms with E-state index in [1.54, 1.807) is 11.3 Å². The first-order valence-corrected chi connectivity index (χ1v) is 11.0. The summed E-state index contributed by atoms with van der Waals surface area (Å²) < 4.78 is 3.61. The normalized spacial score (nSPS) is 19.9. The molecule has 1 fully saturated rings. The summed E-state index contributed by atoms with van der Waals surface area (Å²) in [6, 6.07) is 8.30. The molecule has 2 heterocycles. The number of amides is 1. The molecule has 5 nitrogen and oxygen atoms in total. The van der Waals surface area contributed by atoms with Gasteiger partial charge in [-0.1, -0.05) is 38.0 Å². The summed E-state index contributed by atoms with van der Waals surface area (Å²) in [6.45, 7) is 4.63. The Morgan fingerprint density at radius 1 is 1.29 bits per heavy atom. The Hall–Kier alpha value is -2.21. The summed E-state index contributed by atoms with van der Waals surface area (Å²) in [4.78, 5) is 25.3. The van der Waals surface area contributed by atoms with Gasteiger partial charge in [-0.3, -0.25) is 9.59 Å². The molecule has 1 aliphatic carbocycles. The number of thiophene rings is 1. The fourth-order valence-electron chi connectivity index (χ4n) is 4.26. The molecule has 1 aliphatic rings. The van der Waals surface area contributed by atoms with Crippen LogP contribution in [0.1, 0.15) is 51.1 Å². The highest BCUT2D eigenvalue weighted by Gasteiger charge is 2.22. The van der Waals surface area contributed by atoms with Crippen molar-refractivity contribution in [1.29, 1.82) is 0 Å². The van der Waals surface area contributed by atoms with Crippen molar-refractivity contribution in [2.24, 2.45) is 5.92 Å². The van der Waals surface area contributed by atoms with Crippen molar-refractivity contribution < 1.29 is 4.79 Å². The minimum Gasteiger partial charge on any atom is -0.353 e. The van der Waals surface area contributed by atoms with Crippen LogP contribution in [-0.2, 0) is 11.3 Å². The minimum absolute atomic E-state index is 0.0561.